The first-order valence-electron chi connectivity index (χ1n) is 5.15. The molecule has 1 N–H and O–H groups in total. The molecular weight excluding hydrogens is 245 g/mol. The highest BCUT2D eigenvalue weighted by molar-refractivity contribution is 6.30. The van der Waals surface area contributed by atoms with Crippen molar-refractivity contribution >= 4 is 11.6 Å². The minimum absolute atomic E-state index is 0.0682. The lowest BCUT2D eigenvalue weighted by Crippen LogP contribution is -2.03. The van der Waals surface area contributed by atoms with Crippen LogP contribution in [-0.2, 0) is 13.2 Å². The zero-order valence-electron chi connectivity index (χ0n) is 9.19. The van der Waals surface area contributed by atoms with Gasteiger partial charge in [0.25, 0.3) is 0 Å². The van der Waals surface area contributed by atoms with E-state index in [0.717, 1.165) is 0 Å². The molecule has 0 atom stereocenters. The number of nitrogens with zero attached hydrogens (tertiary/aromatic N) is 3. The highest BCUT2D eigenvalue weighted by Crippen LogP contribution is 2.23. The van der Waals surface area contributed by atoms with Crippen LogP contribution in [-0.4, -0.2) is 19.9 Å². The zero-order valence-corrected chi connectivity index (χ0v) is 9.95. The van der Waals surface area contributed by atoms with E-state index in [4.69, 9.17) is 16.7 Å². The van der Waals surface area contributed by atoms with E-state index in [1.54, 1.807) is 10.6 Å². The second kappa shape index (κ2) is 4.81. The standard InChI is InChI=1S/C11H11ClFN3O/c1-2-16-10(6-17)14-15-11(16)7-3-4-8(12)9(13)5-7/h3-5,17H,2,6H2,1H3. The monoisotopic (exact) mass is 255 g/mol. The molecule has 17 heavy (non-hydrogen) atoms. The average Bonchev–Trinajstić information content (AvgIpc) is 2.75. The summed E-state index contributed by atoms with van der Waals surface area (Å²) in [6.45, 7) is 2.30. The molecule has 90 valence electrons. The Bertz CT molecular complexity index is 542. The van der Waals surface area contributed by atoms with Crippen LogP contribution in [0.3, 0.4) is 0 Å². The number of rotatable bonds is 3. The molecule has 4 nitrogen and oxygen atoms in total. The van der Waals surface area contributed by atoms with Crippen molar-refractivity contribution in [3.05, 3.63) is 34.9 Å². The van der Waals surface area contributed by atoms with E-state index in [1.165, 1.54) is 12.1 Å². The smallest absolute Gasteiger partial charge is 0.164 e. The predicted octanol–water partition coefficient (Wildman–Crippen LogP) is 2.25. The molecule has 0 unspecified atom stereocenters. The highest BCUT2D eigenvalue weighted by atomic mass is 35.5. The van der Waals surface area contributed by atoms with Gasteiger partial charge >= 0.3 is 0 Å². The van der Waals surface area contributed by atoms with E-state index in [0.29, 0.717) is 23.8 Å². The van der Waals surface area contributed by atoms with Gasteiger partial charge in [-0.1, -0.05) is 11.6 Å². The fourth-order valence-electron chi connectivity index (χ4n) is 1.63. The quantitative estimate of drug-likeness (QED) is 0.915. The van der Waals surface area contributed by atoms with Gasteiger partial charge in [0, 0.05) is 12.1 Å². The van der Waals surface area contributed by atoms with Crippen molar-refractivity contribution in [1.82, 2.24) is 14.8 Å². The van der Waals surface area contributed by atoms with E-state index >= 15 is 0 Å². The second-order valence-corrected chi connectivity index (χ2v) is 3.88. The maximum atomic E-state index is 13.4. The Labute approximate surface area is 103 Å². The van der Waals surface area contributed by atoms with Crippen molar-refractivity contribution in [3.63, 3.8) is 0 Å². The molecule has 0 saturated heterocycles. The molecule has 0 aliphatic heterocycles. The van der Waals surface area contributed by atoms with E-state index < -0.39 is 5.82 Å². The summed E-state index contributed by atoms with van der Waals surface area (Å²) in [5, 5.41) is 16.9. The largest absolute Gasteiger partial charge is 0.388 e. The molecular formula is C11H11ClFN3O. The summed E-state index contributed by atoms with van der Waals surface area (Å²) in [6.07, 6.45) is 0. The molecule has 0 saturated carbocycles. The Balaban J connectivity index is 2.52. The molecule has 0 radical (unpaired) electrons. The SMILES string of the molecule is CCn1c(CO)nnc1-c1ccc(Cl)c(F)c1. The molecule has 1 aromatic carbocycles. The molecule has 1 heterocycles. The van der Waals surface area contributed by atoms with Crippen LogP contribution in [0.2, 0.25) is 5.02 Å². The van der Waals surface area contributed by atoms with Gasteiger partial charge in [-0.15, -0.1) is 10.2 Å². The lowest BCUT2D eigenvalue weighted by molar-refractivity contribution is 0.265. The van der Waals surface area contributed by atoms with Gasteiger partial charge < -0.3 is 9.67 Å². The number of hydrogen-bond acceptors (Lipinski definition) is 3. The van der Waals surface area contributed by atoms with Gasteiger partial charge in [-0.25, -0.2) is 4.39 Å². The van der Waals surface area contributed by atoms with Crippen LogP contribution in [0.15, 0.2) is 18.2 Å². The van der Waals surface area contributed by atoms with Gasteiger partial charge in [-0.2, -0.15) is 0 Å². The van der Waals surface area contributed by atoms with E-state index in [2.05, 4.69) is 10.2 Å². The summed E-state index contributed by atoms with van der Waals surface area (Å²) in [7, 11) is 0. The fraction of sp³-hybridized carbons (Fsp3) is 0.273. The third kappa shape index (κ3) is 2.16. The normalized spacial score (nSPS) is 10.8. The maximum absolute atomic E-state index is 13.4. The first-order valence-corrected chi connectivity index (χ1v) is 5.53. The number of hydrogen-bond donors (Lipinski definition) is 1. The third-order valence-corrected chi connectivity index (χ3v) is 2.77. The number of benzene rings is 1. The van der Waals surface area contributed by atoms with Gasteiger partial charge in [-0.05, 0) is 25.1 Å². The Morgan fingerprint density at radius 3 is 2.76 bits per heavy atom. The summed E-state index contributed by atoms with van der Waals surface area (Å²) >= 11 is 5.62. The Kier molecular flexibility index (Phi) is 3.40. The summed E-state index contributed by atoms with van der Waals surface area (Å²) in [6, 6.07) is 4.45. The minimum atomic E-state index is -0.500. The van der Waals surface area contributed by atoms with Gasteiger partial charge in [-0.3, -0.25) is 0 Å². The van der Waals surface area contributed by atoms with Gasteiger partial charge in [0.1, 0.15) is 12.4 Å². The van der Waals surface area contributed by atoms with Crippen LogP contribution in [0.25, 0.3) is 11.4 Å². The third-order valence-electron chi connectivity index (χ3n) is 2.46. The molecule has 0 bridgehead atoms. The van der Waals surface area contributed by atoms with E-state index in [-0.39, 0.29) is 11.6 Å². The molecule has 0 aliphatic carbocycles. The maximum Gasteiger partial charge on any atom is 0.164 e. The number of aliphatic hydroxyl groups is 1. The molecule has 0 fully saturated rings. The molecule has 1 aromatic heterocycles. The van der Waals surface area contributed by atoms with Crippen LogP contribution in [0.4, 0.5) is 4.39 Å². The molecule has 2 rings (SSSR count). The van der Waals surface area contributed by atoms with Crippen LogP contribution in [0.5, 0.6) is 0 Å². The van der Waals surface area contributed by atoms with E-state index in [9.17, 15) is 4.39 Å². The predicted molar refractivity (Wildman–Crippen MR) is 62.0 cm³/mol. The van der Waals surface area contributed by atoms with E-state index in [1.807, 2.05) is 6.92 Å². The van der Waals surface area contributed by atoms with Gasteiger partial charge in [0.05, 0.1) is 5.02 Å². The average molecular weight is 256 g/mol. The van der Waals surface area contributed by atoms with Crippen LogP contribution < -0.4 is 0 Å². The molecule has 2 aromatic rings. The Hall–Kier alpha value is -1.46. The number of halogens is 2. The molecule has 0 aliphatic rings. The molecule has 0 spiro atoms. The second-order valence-electron chi connectivity index (χ2n) is 3.47. The topological polar surface area (TPSA) is 50.9 Å². The molecule has 6 heteroatoms. The summed E-state index contributed by atoms with van der Waals surface area (Å²) in [4.78, 5) is 0. The van der Waals surface area contributed by atoms with Crippen molar-refractivity contribution in [2.24, 2.45) is 0 Å². The number of aliphatic hydroxyl groups excluding tert-OH is 1. The van der Waals surface area contributed by atoms with Gasteiger partial charge in [0.2, 0.25) is 0 Å². The van der Waals surface area contributed by atoms with Crippen molar-refractivity contribution in [3.8, 4) is 11.4 Å². The van der Waals surface area contributed by atoms with Crippen molar-refractivity contribution in [2.45, 2.75) is 20.1 Å². The fourth-order valence-corrected chi connectivity index (χ4v) is 1.75. The Morgan fingerprint density at radius 1 is 1.41 bits per heavy atom. The Morgan fingerprint density at radius 2 is 2.18 bits per heavy atom. The summed E-state index contributed by atoms with van der Waals surface area (Å²) < 4.78 is 15.1. The van der Waals surface area contributed by atoms with Crippen LogP contribution in [0.1, 0.15) is 12.7 Å². The zero-order chi connectivity index (χ0) is 12.4. The summed E-state index contributed by atoms with van der Waals surface area (Å²) in [5.74, 6) is 0.477. The first-order chi connectivity index (χ1) is 8.17. The van der Waals surface area contributed by atoms with Crippen LogP contribution >= 0.6 is 11.6 Å². The van der Waals surface area contributed by atoms with Gasteiger partial charge in [0.15, 0.2) is 11.6 Å². The highest BCUT2D eigenvalue weighted by Gasteiger charge is 2.13. The lowest BCUT2D eigenvalue weighted by atomic mass is 10.2. The molecule has 0 amide bonds. The first kappa shape index (κ1) is 12.0. The van der Waals surface area contributed by atoms with Crippen molar-refractivity contribution in [2.75, 3.05) is 0 Å². The summed E-state index contributed by atoms with van der Waals surface area (Å²) in [5.41, 5.74) is 0.584. The van der Waals surface area contributed by atoms with Crippen molar-refractivity contribution in [1.29, 1.82) is 0 Å². The number of aromatic nitrogens is 3. The van der Waals surface area contributed by atoms with Crippen LogP contribution in [0, 0.1) is 5.82 Å². The van der Waals surface area contributed by atoms with Crippen molar-refractivity contribution < 1.29 is 9.50 Å². The lowest BCUT2D eigenvalue weighted by Gasteiger charge is -2.06. The minimum Gasteiger partial charge on any atom is -0.388 e.